The van der Waals surface area contributed by atoms with Crippen LogP contribution in [0.15, 0.2) is 54.6 Å². The van der Waals surface area contributed by atoms with Crippen molar-refractivity contribution in [3.8, 4) is 0 Å². The van der Waals surface area contributed by atoms with E-state index in [2.05, 4.69) is 5.32 Å². The Kier molecular flexibility index (Phi) is 6.01. The van der Waals surface area contributed by atoms with E-state index in [1.165, 1.54) is 12.1 Å². The molecule has 27 heavy (non-hydrogen) atoms. The number of anilines is 1. The number of piperidine rings is 1. The number of nitrogens with one attached hydrogen (secondary N) is 1. The second kappa shape index (κ2) is 8.62. The molecule has 2 aromatic rings. The third-order valence-corrected chi connectivity index (χ3v) is 4.84. The summed E-state index contributed by atoms with van der Waals surface area (Å²) in [6, 6.07) is 14.0. The van der Waals surface area contributed by atoms with E-state index in [0.29, 0.717) is 37.2 Å². The average Bonchev–Trinajstić information content (AvgIpc) is 2.69. The van der Waals surface area contributed by atoms with Crippen LogP contribution in [0, 0.1) is 18.7 Å². The van der Waals surface area contributed by atoms with Crippen LogP contribution in [0.2, 0.25) is 0 Å². The van der Waals surface area contributed by atoms with E-state index < -0.39 is 0 Å². The Morgan fingerprint density at radius 3 is 2.48 bits per heavy atom. The number of nitrogens with zero attached hydrogens (tertiary/aromatic N) is 1. The molecule has 4 nitrogen and oxygen atoms in total. The van der Waals surface area contributed by atoms with Crippen molar-refractivity contribution in [2.45, 2.75) is 19.8 Å². The highest BCUT2D eigenvalue weighted by Gasteiger charge is 2.26. The van der Waals surface area contributed by atoms with Gasteiger partial charge in [-0.3, -0.25) is 9.59 Å². The highest BCUT2D eigenvalue weighted by Crippen LogP contribution is 2.22. The van der Waals surface area contributed by atoms with Crippen LogP contribution < -0.4 is 5.32 Å². The lowest BCUT2D eigenvalue weighted by atomic mass is 9.95. The highest BCUT2D eigenvalue weighted by atomic mass is 19.1. The Morgan fingerprint density at radius 1 is 1.11 bits per heavy atom. The summed E-state index contributed by atoms with van der Waals surface area (Å²) >= 11 is 0. The van der Waals surface area contributed by atoms with Crippen molar-refractivity contribution < 1.29 is 14.0 Å². The van der Waals surface area contributed by atoms with Crippen LogP contribution in [0.5, 0.6) is 0 Å². The average molecular weight is 366 g/mol. The van der Waals surface area contributed by atoms with Crippen molar-refractivity contribution in [1.29, 1.82) is 0 Å². The largest absolute Gasteiger partial charge is 0.339 e. The zero-order chi connectivity index (χ0) is 19.2. The van der Waals surface area contributed by atoms with Crippen molar-refractivity contribution in [2.24, 2.45) is 5.92 Å². The monoisotopic (exact) mass is 366 g/mol. The molecule has 2 amide bonds. The molecular formula is C22H23FN2O2. The van der Waals surface area contributed by atoms with Crippen molar-refractivity contribution >= 4 is 23.6 Å². The van der Waals surface area contributed by atoms with Gasteiger partial charge in [-0.25, -0.2) is 4.39 Å². The maximum atomic E-state index is 13.2. The number of aryl methyl sites for hydroxylation is 1. The minimum absolute atomic E-state index is 0.0351. The zero-order valence-electron chi connectivity index (χ0n) is 15.3. The van der Waals surface area contributed by atoms with Crippen LogP contribution in [0.1, 0.15) is 24.0 Å². The lowest BCUT2D eigenvalue weighted by Crippen LogP contribution is -2.40. The third kappa shape index (κ3) is 5.03. The van der Waals surface area contributed by atoms with Gasteiger partial charge in [0.15, 0.2) is 0 Å². The normalized spacial score (nSPS) is 15.1. The van der Waals surface area contributed by atoms with E-state index in [1.54, 1.807) is 30.0 Å². The smallest absolute Gasteiger partial charge is 0.246 e. The lowest BCUT2D eigenvalue weighted by molar-refractivity contribution is -0.130. The molecular weight excluding hydrogens is 343 g/mol. The number of carbonyl (C=O) groups excluding carboxylic acids is 2. The molecule has 1 N–H and O–H groups in total. The lowest BCUT2D eigenvalue weighted by Gasteiger charge is -2.30. The molecule has 0 saturated carbocycles. The van der Waals surface area contributed by atoms with E-state index in [0.717, 1.165) is 5.56 Å². The standard InChI is InChI=1S/C22H23FN2O2/c1-16-15-19(23)8-9-20(16)24-22(27)18-11-13-25(14-12-18)21(26)10-7-17-5-3-2-4-6-17/h2-10,15,18H,11-14H2,1H3,(H,24,27)/b10-7+. The molecule has 3 rings (SSSR count). The molecule has 1 heterocycles. The second-order valence-corrected chi connectivity index (χ2v) is 6.79. The molecule has 1 aliphatic heterocycles. The van der Waals surface area contributed by atoms with Crippen LogP contribution >= 0.6 is 0 Å². The molecule has 0 atom stereocenters. The maximum absolute atomic E-state index is 13.2. The fourth-order valence-corrected chi connectivity index (χ4v) is 3.20. The first kappa shape index (κ1) is 18.8. The van der Waals surface area contributed by atoms with Gasteiger partial charge in [-0.1, -0.05) is 30.3 Å². The number of amides is 2. The van der Waals surface area contributed by atoms with Gasteiger partial charge in [-0.2, -0.15) is 0 Å². The highest BCUT2D eigenvalue weighted by molar-refractivity contribution is 5.94. The minimum Gasteiger partial charge on any atom is -0.339 e. The van der Waals surface area contributed by atoms with Crippen LogP contribution in [0.4, 0.5) is 10.1 Å². The molecule has 0 bridgehead atoms. The number of benzene rings is 2. The fraction of sp³-hybridized carbons (Fsp3) is 0.273. The van der Waals surface area contributed by atoms with Gasteiger partial charge in [0, 0.05) is 30.8 Å². The first-order valence-corrected chi connectivity index (χ1v) is 9.12. The summed E-state index contributed by atoms with van der Waals surface area (Å²) in [5, 5.41) is 2.87. The summed E-state index contributed by atoms with van der Waals surface area (Å²) < 4.78 is 13.2. The first-order chi connectivity index (χ1) is 13.0. The van der Waals surface area contributed by atoms with Gasteiger partial charge in [-0.05, 0) is 55.2 Å². The van der Waals surface area contributed by atoms with Crippen molar-refractivity contribution in [3.05, 3.63) is 71.6 Å². The van der Waals surface area contributed by atoms with Crippen LogP contribution in [-0.4, -0.2) is 29.8 Å². The predicted octanol–water partition coefficient (Wildman–Crippen LogP) is 4.02. The van der Waals surface area contributed by atoms with Crippen molar-refractivity contribution in [1.82, 2.24) is 4.90 Å². The molecule has 0 radical (unpaired) electrons. The number of rotatable bonds is 4. The molecule has 0 aliphatic carbocycles. The van der Waals surface area contributed by atoms with Crippen LogP contribution in [-0.2, 0) is 9.59 Å². The molecule has 1 saturated heterocycles. The Labute approximate surface area is 158 Å². The summed E-state index contributed by atoms with van der Waals surface area (Å²) in [6.07, 6.45) is 4.63. The quantitative estimate of drug-likeness (QED) is 0.831. The van der Waals surface area contributed by atoms with Crippen LogP contribution in [0.25, 0.3) is 6.08 Å². The number of carbonyl (C=O) groups is 2. The summed E-state index contributed by atoms with van der Waals surface area (Å²) in [4.78, 5) is 26.6. The van der Waals surface area contributed by atoms with Gasteiger partial charge in [0.25, 0.3) is 0 Å². The van der Waals surface area contributed by atoms with Crippen molar-refractivity contribution in [2.75, 3.05) is 18.4 Å². The summed E-state index contributed by atoms with van der Waals surface area (Å²) in [6.45, 7) is 2.87. The molecule has 0 aromatic heterocycles. The maximum Gasteiger partial charge on any atom is 0.246 e. The Balaban J connectivity index is 1.51. The van der Waals surface area contributed by atoms with Gasteiger partial charge in [0.05, 0.1) is 0 Å². The van der Waals surface area contributed by atoms with E-state index >= 15 is 0 Å². The van der Waals surface area contributed by atoms with Gasteiger partial charge in [0.1, 0.15) is 5.82 Å². The summed E-state index contributed by atoms with van der Waals surface area (Å²) in [5.41, 5.74) is 2.31. The molecule has 1 aliphatic rings. The van der Waals surface area contributed by atoms with E-state index in [1.807, 2.05) is 30.3 Å². The van der Waals surface area contributed by atoms with E-state index in [9.17, 15) is 14.0 Å². The van der Waals surface area contributed by atoms with E-state index in [4.69, 9.17) is 0 Å². The molecule has 2 aromatic carbocycles. The van der Waals surface area contributed by atoms with Gasteiger partial charge < -0.3 is 10.2 Å². The van der Waals surface area contributed by atoms with Gasteiger partial charge in [-0.15, -0.1) is 0 Å². The first-order valence-electron chi connectivity index (χ1n) is 9.12. The SMILES string of the molecule is Cc1cc(F)ccc1NC(=O)C1CCN(C(=O)/C=C/c2ccccc2)CC1. The molecule has 5 heteroatoms. The van der Waals surface area contributed by atoms with Gasteiger partial charge in [0.2, 0.25) is 11.8 Å². The van der Waals surface area contributed by atoms with Gasteiger partial charge >= 0.3 is 0 Å². The predicted molar refractivity (Wildman–Crippen MR) is 105 cm³/mol. The third-order valence-electron chi connectivity index (χ3n) is 4.84. The molecule has 140 valence electrons. The van der Waals surface area contributed by atoms with Crippen LogP contribution in [0.3, 0.4) is 0 Å². The molecule has 1 fully saturated rings. The fourth-order valence-electron chi connectivity index (χ4n) is 3.20. The number of hydrogen-bond donors (Lipinski definition) is 1. The summed E-state index contributed by atoms with van der Waals surface area (Å²) in [7, 11) is 0. The zero-order valence-corrected chi connectivity index (χ0v) is 15.3. The Morgan fingerprint density at radius 2 is 1.81 bits per heavy atom. The minimum atomic E-state index is -0.319. The Hall–Kier alpha value is -2.95. The number of hydrogen-bond acceptors (Lipinski definition) is 2. The topological polar surface area (TPSA) is 49.4 Å². The van der Waals surface area contributed by atoms with Crippen molar-refractivity contribution in [3.63, 3.8) is 0 Å². The molecule has 0 spiro atoms. The van der Waals surface area contributed by atoms with E-state index in [-0.39, 0.29) is 23.5 Å². The number of halogens is 1. The number of likely N-dealkylation sites (tertiary alicyclic amines) is 1. The summed E-state index contributed by atoms with van der Waals surface area (Å²) in [5.74, 6) is -0.568. The Bertz CT molecular complexity index is 841. The second-order valence-electron chi connectivity index (χ2n) is 6.79. The molecule has 0 unspecified atom stereocenters.